The summed E-state index contributed by atoms with van der Waals surface area (Å²) in [6, 6.07) is 9.68. The Balaban J connectivity index is 2.77. The average molecular weight is 233 g/mol. The van der Waals surface area contributed by atoms with Gasteiger partial charge >= 0.3 is 0 Å². The third-order valence-electron chi connectivity index (χ3n) is 1.77. The van der Waals surface area contributed by atoms with Gasteiger partial charge in [0.15, 0.2) is 0 Å². The highest BCUT2D eigenvalue weighted by Gasteiger charge is 1.97. The van der Waals surface area contributed by atoms with Crippen molar-refractivity contribution in [2.24, 2.45) is 0 Å². The van der Waals surface area contributed by atoms with Gasteiger partial charge in [-0.25, -0.2) is 0 Å². The minimum Gasteiger partial charge on any atom is -0.255 e. The molecule has 13 heavy (non-hydrogen) atoms. The van der Waals surface area contributed by atoms with Crippen LogP contribution in [0.5, 0.6) is 0 Å². The maximum absolute atomic E-state index is 8.66. The quantitative estimate of drug-likeness (QED) is 0.701. The molecule has 0 spiro atoms. The topological polar surface area (TPSA) is 36.7 Å². The first-order chi connectivity index (χ1) is 6.29. The van der Waals surface area contributed by atoms with Gasteiger partial charge in [0.2, 0.25) is 0 Å². The van der Waals surface area contributed by atoms with E-state index in [-0.39, 0.29) is 0 Å². The van der Waals surface area contributed by atoms with Crippen molar-refractivity contribution in [2.45, 2.75) is 0 Å². The van der Waals surface area contributed by atoms with E-state index in [1.165, 1.54) is 0 Å². The van der Waals surface area contributed by atoms with Crippen LogP contribution >= 0.6 is 15.9 Å². The van der Waals surface area contributed by atoms with E-state index in [2.05, 4.69) is 27.0 Å². The Morgan fingerprint density at radius 1 is 1.31 bits per heavy atom. The third-order valence-corrected chi connectivity index (χ3v) is 2.27. The van der Waals surface area contributed by atoms with Crippen LogP contribution in [0.25, 0.3) is 10.9 Å². The number of pyridine rings is 1. The Kier molecular flexibility index (Phi) is 1.99. The van der Waals surface area contributed by atoms with Crippen molar-refractivity contribution in [1.82, 2.24) is 4.98 Å². The zero-order valence-corrected chi connectivity index (χ0v) is 8.25. The van der Waals surface area contributed by atoms with Crippen molar-refractivity contribution in [1.29, 1.82) is 5.26 Å². The van der Waals surface area contributed by atoms with E-state index in [4.69, 9.17) is 5.26 Å². The number of rotatable bonds is 0. The highest BCUT2D eigenvalue weighted by Crippen LogP contribution is 2.18. The average Bonchev–Trinajstić information content (AvgIpc) is 2.16. The second kappa shape index (κ2) is 3.15. The fraction of sp³-hybridized carbons (Fsp3) is 0. The summed E-state index contributed by atoms with van der Waals surface area (Å²) in [5.41, 5.74) is 1.49. The lowest BCUT2D eigenvalue weighted by Gasteiger charge is -1.97. The molecule has 1 heterocycles. The van der Waals surface area contributed by atoms with E-state index >= 15 is 0 Å². The van der Waals surface area contributed by atoms with E-state index < -0.39 is 0 Å². The zero-order valence-electron chi connectivity index (χ0n) is 6.66. The number of benzene rings is 1. The lowest BCUT2D eigenvalue weighted by molar-refractivity contribution is 1.37. The van der Waals surface area contributed by atoms with E-state index in [9.17, 15) is 0 Å². The zero-order chi connectivity index (χ0) is 9.26. The van der Waals surface area contributed by atoms with Crippen LogP contribution in [-0.4, -0.2) is 4.98 Å². The van der Waals surface area contributed by atoms with Crippen molar-refractivity contribution in [3.63, 3.8) is 0 Å². The molecule has 0 aliphatic rings. The molecule has 0 aliphatic carbocycles. The molecule has 0 aliphatic heterocycles. The van der Waals surface area contributed by atoms with E-state index in [0.29, 0.717) is 5.56 Å². The first-order valence-electron chi connectivity index (χ1n) is 3.75. The molecule has 2 rings (SSSR count). The van der Waals surface area contributed by atoms with E-state index in [0.717, 1.165) is 15.4 Å². The van der Waals surface area contributed by atoms with Crippen LogP contribution in [0.2, 0.25) is 0 Å². The molecule has 1 aromatic heterocycles. The van der Waals surface area contributed by atoms with Crippen LogP contribution in [0.15, 0.2) is 34.9 Å². The SMILES string of the molecule is N#Cc1cnc2ccc(Br)cc2c1. The van der Waals surface area contributed by atoms with Crippen molar-refractivity contribution in [3.05, 3.63) is 40.5 Å². The number of fused-ring (bicyclic) bond motifs is 1. The summed E-state index contributed by atoms with van der Waals surface area (Å²) in [6.45, 7) is 0. The minimum absolute atomic E-state index is 0.589. The summed E-state index contributed by atoms with van der Waals surface area (Å²) < 4.78 is 0.997. The largest absolute Gasteiger partial charge is 0.255 e. The monoisotopic (exact) mass is 232 g/mol. The maximum atomic E-state index is 8.66. The summed E-state index contributed by atoms with van der Waals surface area (Å²) in [5, 5.41) is 9.64. The summed E-state index contributed by atoms with van der Waals surface area (Å²) in [6.07, 6.45) is 1.58. The highest BCUT2D eigenvalue weighted by atomic mass is 79.9. The van der Waals surface area contributed by atoms with Gasteiger partial charge in [0, 0.05) is 16.1 Å². The van der Waals surface area contributed by atoms with E-state index in [1.54, 1.807) is 6.20 Å². The van der Waals surface area contributed by atoms with Crippen LogP contribution in [0.1, 0.15) is 5.56 Å². The number of aromatic nitrogens is 1. The predicted molar refractivity (Wildman–Crippen MR) is 54.2 cm³/mol. The fourth-order valence-corrected chi connectivity index (χ4v) is 1.54. The lowest BCUT2D eigenvalue weighted by Crippen LogP contribution is -1.81. The Morgan fingerprint density at radius 3 is 2.92 bits per heavy atom. The number of nitriles is 1. The molecular weight excluding hydrogens is 228 g/mol. The van der Waals surface area contributed by atoms with Gasteiger partial charge in [0.25, 0.3) is 0 Å². The second-order valence-electron chi connectivity index (χ2n) is 2.67. The van der Waals surface area contributed by atoms with E-state index in [1.807, 2.05) is 24.3 Å². The highest BCUT2D eigenvalue weighted by molar-refractivity contribution is 9.10. The Bertz CT molecular complexity index is 500. The van der Waals surface area contributed by atoms with Gasteiger partial charge in [-0.15, -0.1) is 0 Å². The van der Waals surface area contributed by atoms with Crippen LogP contribution in [0.3, 0.4) is 0 Å². The second-order valence-corrected chi connectivity index (χ2v) is 3.59. The van der Waals surface area contributed by atoms with Crippen molar-refractivity contribution >= 4 is 26.8 Å². The van der Waals surface area contributed by atoms with Crippen molar-refractivity contribution in [2.75, 3.05) is 0 Å². The molecule has 0 unspecified atom stereocenters. The normalized spacial score (nSPS) is 9.85. The molecule has 62 valence electrons. The molecular formula is C10H5BrN2. The Morgan fingerprint density at radius 2 is 2.15 bits per heavy atom. The van der Waals surface area contributed by atoms with Gasteiger partial charge < -0.3 is 0 Å². The predicted octanol–water partition coefficient (Wildman–Crippen LogP) is 2.87. The first-order valence-corrected chi connectivity index (χ1v) is 4.54. The summed E-state index contributed by atoms with van der Waals surface area (Å²) in [7, 11) is 0. The summed E-state index contributed by atoms with van der Waals surface area (Å²) in [4.78, 5) is 4.15. The molecule has 0 saturated heterocycles. The number of hydrogen-bond donors (Lipinski definition) is 0. The molecule has 0 bridgehead atoms. The molecule has 0 N–H and O–H groups in total. The molecule has 0 atom stereocenters. The van der Waals surface area contributed by atoms with Crippen molar-refractivity contribution < 1.29 is 0 Å². The van der Waals surface area contributed by atoms with Gasteiger partial charge in [0.1, 0.15) is 6.07 Å². The smallest absolute Gasteiger partial charge is 0.101 e. The first kappa shape index (κ1) is 8.21. The number of hydrogen-bond acceptors (Lipinski definition) is 2. The van der Waals surface area contributed by atoms with Gasteiger partial charge in [0.05, 0.1) is 11.1 Å². The Hall–Kier alpha value is -1.40. The molecule has 2 nitrogen and oxygen atoms in total. The number of halogens is 1. The van der Waals surface area contributed by atoms with Gasteiger partial charge in [-0.3, -0.25) is 4.98 Å². The van der Waals surface area contributed by atoms with Crippen LogP contribution in [-0.2, 0) is 0 Å². The van der Waals surface area contributed by atoms with Crippen molar-refractivity contribution in [3.8, 4) is 6.07 Å². The summed E-state index contributed by atoms with van der Waals surface area (Å²) >= 11 is 3.37. The Labute approximate surface area is 84.0 Å². The standard InChI is InChI=1S/C10H5BrN2/c11-9-1-2-10-8(4-9)3-7(5-12)6-13-10/h1-4,6H. The third kappa shape index (κ3) is 1.53. The molecule has 0 saturated carbocycles. The van der Waals surface area contributed by atoms with Gasteiger partial charge in [-0.1, -0.05) is 15.9 Å². The van der Waals surface area contributed by atoms with Crippen LogP contribution < -0.4 is 0 Å². The van der Waals surface area contributed by atoms with Gasteiger partial charge in [-0.2, -0.15) is 5.26 Å². The molecule has 0 amide bonds. The maximum Gasteiger partial charge on any atom is 0.101 e. The minimum atomic E-state index is 0.589. The summed E-state index contributed by atoms with van der Waals surface area (Å²) in [5.74, 6) is 0. The van der Waals surface area contributed by atoms with Gasteiger partial charge in [-0.05, 0) is 24.3 Å². The lowest BCUT2D eigenvalue weighted by atomic mass is 10.2. The molecule has 1 aromatic carbocycles. The molecule has 0 fully saturated rings. The molecule has 3 heteroatoms. The fourth-order valence-electron chi connectivity index (χ4n) is 1.16. The van der Waals surface area contributed by atoms with Crippen LogP contribution in [0, 0.1) is 11.3 Å². The number of nitrogens with zero attached hydrogens (tertiary/aromatic N) is 2. The van der Waals surface area contributed by atoms with Crippen LogP contribution in [0.4, 0.5) is 0 Å². The molecule has 0 radical (unpaired) electrons. The molecule has 2 aromatic rings.